The van der Waals surface area contributed by atoms with Gasteiger partial charge in [0.15, 0.2) is 11.5 Å². The van der Waals surface area contributed by atoms with E-state index in [0.717, 1.165) is 18.4 Å². The molecule has 0 N–H and O–H groups in total. The zero-order chi connectivity index (χ0) is 18.0. The van der Waals surface area contributed by atoms with Crippen LogP contribution in [0.1, 0.15) is 34.8 Å². The fourth-order valence-electron chi connectivity index (χ4n) is 3.26. The predicted octanol–water partition coefficient (Wildman–Crippen LogP) is 2.38. The van der Waals surface area contributed by atoms with Gasteiger partial charge in [0, 0.05) is 31.4 Å². The Balaban J connectivity index is 1.91. The number of aromatic nitrogens is 1. The van der Waals surface area contributed by atoms with Crippen molar-refractivity contribution < 1.29 is 14.3 Å². The van der Waals surface area contributed by atoms with Crippen molar-refractivity contribution in [3.8, 4) is 11.5 Å². The monoisotopic (exact) mass is 342 g/mol. The molecule has 132 valence electrons. The topological polar surface area (TPSA) is 60.8 Å². The molecule has 6 heteroatoms. The van der Waals surface area contributed by atoms with Gasteiger partial charge < -0.3 is 18.9 Å². The van der Waals surface area contributed by atoms with Crippen molar-refractivity contribution >= 4 is 5.91 Å². The number of carbonyl (C=O) groups is 1. The van der Waals surface area contributed by atoms with Gasteiger partial charge in [0.25, 0.3) is 11.5 Å². The van der Waals surface area contributed by atoms with E-state index in [4.69, 9.17) is 9.47 Å². The number of pyridine rings is 1. The molecule has 1 saturated heterocycles. The minimum atomic E-state index is -0.187. The maximum atomic E-state index is 12.9. The Hall–Kier alpha value is -2.76. The number of rotatable bonds is 4. The molecule has 2 heterocycles. The van der Waals surface area contributed by atoms with E-state index in [1.165, 1.54) is 10.6 Å². The minimum absolute atomic E-state index is 0.0311. The van der Waals surface area contributed by atoms with Crippen LogP contribution in [0.25, 0.3) is 0 Å². The van der Waals surface area contributed by atoms with Crippen molar-refractivity contribution in [2.75, 3.05) is 20.8 Å². The van der Waals surface area contributed by atoms with Gasteiger partial charge in [0.2, 0.25) is 0 Å². The number of likely N-dealkylation sites (tertiary alicyclic amines) is 1. The number of amides is 1. The van der Waals surface area contributed by atoms with Crippen LogP contribution < -0.4 is 15.0 Å². The summed E-state index contributed by atoms with van der Waals surface area (Å²) in [6.45, 7) is 0.674. The Morgan fingerprint density at radius 3 is 2.56 bits per heavy atom. The number of ether oxygens (including phenoxy) is 2. The van der Waals surface area contributed by atoms with E-state index < -0.39 is 0 Å². The lowest BCUT2D eigenvalue weighted by Crippen LogP contribution is -2.31. The smallest absolute Gasteiger partial charge is 0.254 e. The fourth-order valence-corrected chi connectivity index (χ4v) is 3.26. The molecule has 0 radical (unpaired) electrons. The molecule has 3 rings (SSSR count). The molecule has 1 aliphatic rings. The summed E-state index contributed by atoms with van der Waals surface area (Å²) >= 11 is 0. The highest BCUT2D eigenvalue weighted by Crippen LogP contribution is 2.37. The number of nitrogens with zero attached hydrogens (tertiary/aromatic N) is 2. The number of methoxy groups -OCH3 is 2. The van der Waals surface area contributed by atoms with E-state index in [9.17, 15) is 9.59 Å². The Labute approximate surface area is 146 Å². The van der Waals surface area contributed by atoms with Gasteiger partial charge in [-0.3, -0.25) is 9.59 Å². The number of aryl methyl sites for hydroxylation is 1. The van der Waals surface area contributed by atoms with E-state index >= 15 is 0 Å². The van der Waals surface area contributed by atoms with Crippen molar-refractivity contribution in [3.63, 3.8) is 0 Å². The molecule has 1 fully saturated rings. The Kier molecular flexibility index (Phi) is 4.79. The molecule has 6 nitrogen and oxygen atoms in total. The highest BCUT2D eigenvalue weighted by molar-refractivity contribution is 5.94. The second kappa shape index (κ2) is 7.01. The molecule has 1 aliphatic heterocycles. The van der Waals surface area contributed by atoms with Crippen LogP contribution in [-0.2, 0) is 7.05 Å². The van der Waals surface area contributed by atoms with Crippen LogP contribution in [0.5, 0.6) is 11.5 Å². The lowest BCUT2D eigenvalue weighted by Gasteiger charge is -2.26. The molecule has 25 heavy (non-hydrogen) atoms. The van der Waals surface area contributed by atoms with Crippen molar-refractivity contribution in [2.45, 2.75) is 18.9 Å². The van der Waals surface area contributed by atoms with Crippen LogP contribution >= 0.6 is 0 Å². The van der Waals surface area contributed by atoms with Gasteiger partial charge in [-0.05, 0) is 36.6 Å². The minimum Gasteiger partial charge on any atom is -0.493 e. The number of carbonyl (C=O) groups excluding carboxylic acids is 1. The molecule has 1 aromatic carbocycles. The summed E-state index contributed by atoms with van der Waals surface area (Å²) < 4.78 is 12.1. The van der Waals surface area contributed by atoms with E-state index in [2.05, 4.69) is 0 Å². The number of hydrogen-bond donors (Lipinski definition) is 0. The van der Waals surface area contributed by atoms with Crippen molar-refractivity contribution in [1.82, 2.24) is 9.47 Å². The van der Waals surface area contributed by atoms with Crippen LogP contribution in [0, 0.1) is 0 Å². The van der Waals surface area contributed by atoms with Crippen molar-refractivity contribution in [3.05, 3.63) is 58.0 Å². The molecular formula is C19H22N2O4. The molecule has 1 amide bonds. The second-order valence-electron chi connectivity index (χ2n) is 6.14. The van der Waals surface area contributed by atoms with Crippen LogP contribution in [0.4, 0.5) is 0 Å². The third-order valence-electron chi connectivity index (χ3n) is 4.66. The summed E-state index contributed by atoms with van der Waals surface area (Å²) in [6, 6.07) is 8.78. The number of benzene rings is 1. The van der Waals surface area contributed by atoms with Gasteiger partial charge in [-0.25, -0.2) is 0 Å². The lowest BCUT2D eigenvalue weighted by molar-refractivity contribution is 0.0735. The standard InChI is InChI=1S/C19H22N2O4/c1-20-10-8-14(12-18(20)22)19(23)21-9-4-5-15(21)13-6-7-16(24-2)17(11-13)25-3/h6-8,10-12,15H,4-5,9H2,1-3H3. The average Bonchev–Trinajstić information content (AvgIpc) is 3.12. The first kappa shape index (κ1) is 17.1. The quantitative estimate of drug-likeness (QED) is 0.856. The van der Waals surface area contributed by atoms with Crippen LogP contribution in [0.2, 0.25) is 0 Å². The first-order valence-electron chi connectivity index (χ1n) is 8.24. The van der Waals surface area contributed by atoms with E-state index in [0.29, 0.717) is 23.6 Å². The summed E-state index contributed by atoms with van der Waals surface area (Å²) in [6.07, 6.45) is 3.43. The van der Waals surface area contributed by atoms with Gasteiger partial charge in [-0.1, -0.05) is 6.07 Å². The molecule has 1 aromatic heterocycles. The zero-order valence-corrected chi connectivity index (χ0v) is 14.7. The first-order valence-corrected chi connectivity index (χ1v) is 8.24. The number of hydrogen-bond acceptors (Lipinski definition) is 4. The summed E-state index contributed by atoms with van der Waals surface area (Å²) in [7, 11) is 4.86. The van der Waals surface area contributed by atoms with Crippen molar-refractivity contribution in [2.24, 2.45) is 7.05 Å². The van der Waals surface area contributed by atoms with Gasteiger partial charge >= 0.3 is 0 Å². The molecule has 0 aliphatic carbocycles. The average molecular weight is 342 g/mol. The third kappa shape index (κ3) is 3.24. The van der Waals surface area contributed by atoms with Gasteiger partial charge in [0.1, 0.15) is 0 Å². The largest absolute Gasteiger partial charge is 0.493 e. The highest BCUT2D eigenvalue weighted by Gasteiger charge is 2.31. The van der Waals surface area contributed by atoms with Crippen LogP contribution in [0.15, 0.2) is 41.3 Å². The van der Waals surface area contributed by atoms with Gasteiger partial charge in [0.05, 0.1) is 20.3 Å². The summed E-state index contributed by atoms with van der Waals surface area (Å²) in [4.78, 5) is 26.5. The zero-order valence-electron chi connectivity index (χ0n) is 14.7. The predicted molar refractivity (Wildman–Crippen MR) is 94.2 cm³/mol. The summed E-state index contributed by atoms with van der Waals surface area (Å²) in [5.74, 6) is 1.19. The maximum absolute atomic E-state index is 12.9. The van der Waals surface area contributed by atoms with Crippen molar-refractivity contribution in [1.29, 1.82) is 0 Å². The normalized spacial score (nSPS) is 16.8. The third-order valence-corrected chi connectivity index (χ3v) is 4.66. The Morgan fingerprint density at radius 1 is 1.12 bits per heavy atom. The van der Waals surface area contributed by atoms with Gasteiger partial charge in [-0.15, -0.1) is 0 Å². The summed E-state index contributed by atoms with van der Waals surface area (Å²) in [5, 5.41) is 0. The van der Waals surface area contributed by atoms with E-state index in [-0.39, 0.29) is 17.5 Å². The maximum Gasteiger partial charge on any atom is 0.254 e. The molecular weight excluding hydrogens is 320 g/mol. The highest BCUT2D eigenvalue weighted by atomic mass is 16.5. The fraction of sp³-hybridized carbons (Fsp3) is 0.368. The molecule has 2 aromatic rings. The van der Waals surface area contributed by atoms with Crippen LogP contribution in [0.3, 0.4) is 0 Å². The van der Waals surface area contributed by atoms with Crippen LogP contribution in [-0.4, -0.2) is 36.1 Å². The van der Waals surface area contributed by atoms with E-state index in [1.807, 2.05) is 23.1 Å². The molecule has 0 bridgehead atoms. The molecule has 0 spiro atoms. The van der Waals surface area contributed by atoms with Gasteiger partial charge in [-0.2, -0.15) is 0 Å². The first-order chi connectivity index (χ1) is 12.0. The Bertz CT molecular complexity index is 844. The Morgan fingerprint density at radius 2 is 1.88 bits per heavy atom. The molecule has 1 atom stereocenters. The molecule has 0 saturated carbocycles. The summed E-state index contributed by atoms with van der Waals surface area (Å²) in [5.41, 5.74) is 1.25. The lowest BCUT2D eigenvalue weighted by atomic mass is 10.0. The molecule has 1 unspecified atom stereocenters. The SMILES string of the molecule is COc1ccc(C2CCCN2C(=O)c2ccn(C)c(=O)c2)cc1OC. The van der Waals surface area contributed by atoms with E-state index in [1.54, 1.807) is 33.5 Å². The second-order valence-corrected chi connectivity index (χ2v) is 6.14.